The molecule has 0 N–H and O–H groups in total. The first-order chi connectivity index (χ1) is 6.91. The van der Waals surface area contributed by atoms with Gasteiger partial charge in [0.2, 0.25) is 5.17 Å². The van der Waals surface area contributed by atoms with Crippen LogP contribution in [0.1, 0.15) is 13.8 Å². The summed E-state index contributed by atoms with van der Waals surface area (Å²) in [6.07, 6.45) is -3.27. The summed E-state index contributed by atoms with van der Waals surface area (Å²) in [7, 11) is 1.47. The van der Waals surface area contributed by atoms with Gasteiger partial charge in [0.1, 0.15) is 0 Å². The lowest BCUT2D eigenvalue weighted by Crippen LogP contribution is -2.16. The molecule has 1 aromatic rings. The van der Waals surface area contributed by atoms with Gasteiger partial charge < -0.3 is 0 Å². The highest BCUT2D eigenvalue weighted by molar-refractivity contribution is 6.67. The number of aryl methyl sites for hydroxylation is 1. The summed E-state index contributed by atoms with van der Waals surface area (Å²) in [6.45, 7) is 4.00. The molecule has 3 nitrogen and oxygen atoms in total. The Morgan fingerprint density at radius 3 is 2.33 bits per heavy atom. The van der Waals surface area contributed by atoms with Crippen molar-refractivity contribution in [1.82, 2.24) is 9.78 Å². The van der Waals surface area contributed by atoms with Gasteiger partial charge in [0.05, 0.1) is 6.20 Å². The van der Waals surface area contributed by atoms with Gasteiger partial charge >= 0.3 is 6.18 Å². The first-order valence-corrected chi connectivity index (χ1v) is 4.58. The van der Waals surface area contributed by atoms with Crippen LogP contribution in [0.2, 0.25) is 0 Å². The molecule has 1 aromatic heterocycles. The molecule has 0 aliphatic carbocycles. The Labute approximate surface area is 90.6 Å². The van der Waals surface area contributed by atoms with Crippen LogP contribution in [-0.4, -0.2) is 21.1 Å². The first-order valence-electron chi connectivity index (χ1n) is 4.20. The van der Waals surface area contributed by atoms with Crippen LogP contribution in [0.15, 0.2) is 17.3 Å². The number of halogens is 4. The standard InChI is InChI=1S/C6H5ClF3N3.C2H6/c1-13-4(2-3-11-13)12-5(7)6(8,9)10;1-2/h2-3H,1H3;1-2H3/b12-5-;. The smallest absolute Gasteiger partial charge is 0.251 e. The Balaban J connectivity index is 0.000000921. The van der Waals surface area contributed by atoms with Crippen molar-refractivity contribution in [2.75, 3.05) is 0 Å². The molecule has 0 amide bonds. The number of hydrogen-bond donors (Lipinski definition) is 0. The second-order valence-corrected chi connectivity index (χ2v) is 2.57. The van der Waals surface area contributed by atoms with Crippen LogP contribution < -0.4 is 0 Å². The van der Waals surface area contributed by atoms with E-state index in [1.807, 2.05) is 13.8 Å². The van der Waals surface area contributed by atoms with Gasteiger partial charge in [0.15, 0.2) is 5.82 Å². The third kappa shape index (κ3) is 4.33. The summed E-state index contributed by atoms with van der Waals surface area (Å²) in [5.41, 5.74) is 0. The van der Waals surface area contributed by atoms with Gasteiger partial charge in [0, 0.05) is 13.1 Å². The fraction of sp³-hybridized carbons (Fsp3) is 0.500. The topological polar surface area (TPSA) is 30.2 Å². The molecule has 0 spiro atoms. The van der Waals surface area contributed by atoms with Gasteiger partial charge in [0.25, 0.3) is 0 Å². The second kappa shape index (κ2) is 5.75. The molecule has 0 saturated carbocycles. The van der Waals surface area contributed by atoms with Crippen LogP contribution >= 0.6 is 11.6 Å². The van der Waals surface area contributed by atoms with Gasteiger partial charge in [-0.2, -0.15) is 18.3 Å². The highest BCUT2D eigenvalue weighted by atomic mass is 35.5. The Hall–Kier alpha value is -1.04. The molecule has 0 radical (unpaired) electrons. The van der Waals surface area contributed by atoms with Crippen molar-refractivity contribution in [3.8, 4) is 0 Å². The molecule has 0 aromatic carbocycles. The lowest BCUT2D eigenvalue weighted by atomic mass is 10.6. The summed E-state index contributed by atoms with van der Waals surface area (Å²) < 4.78 is 36.8. The van der Waals surface area contributed by atoms with Gasteiger partial charge in [-0.05, 0) is 0 Å². The molecular weight excluding hydrogens is 231 g/mol. The predicted molar refractivity (Wildman–Crippen MR) is 53.6 cm³/mol. The van der Waals surface area contributed by atoms with Crippen molar-refractivity contribution < 1.29 is 13.2 Å². The van der Waals surface area contributed by atoms with E-state index in [9.17, 15) is 13.2 Å². The minimum absolute atomic E-state index is 0.0577. The SMILES string of the molecule is CC.Cn1nccc1/N=C(\Cl)C(F)(F)F. The first kappa shape index (κ1) is 14.0. The zero-order chi connectivity index (χ0) is 12.1. The number of rotatable bonds is 1. The number of hydrogen-bond acceptors (Lipinski definition) is 2. The van der Waals surface area contributed by atoms with Gasteiger partial charge in [-0.25, -0.2) is 4.99 Å². The Kier molecular flexibility index (Phi) is 5.35. The second-order valence-electron chi connectivity index (χ2n) is 2.21. The normalized spacial score (nSPS) is 12.1. The third-order valence-electron chi connectivity index (χ3n) is 1.24. The summed E-state index contributed by atoms with van der Waals surface area (Å²) >= 11 is 4.90. The summed E-state index contributed by atoms with van der Waals surface area (Å²) in [5.74, 6) is 0.0577. The van der Waals surface area contributed by atoms with E-state index in [1.165, 1.54) is 24.0 Å². The van der Waals surface area contributed by atoms with Crippen molar-refractivity contribution in [3.05, 3.63) is 12.3 Å². The van der Waals surface area contributed by atoms with E-state index in [4.69, 9.17) is 11.6 Å². The largest absolute Gasteiger partial charge is 0.444 e. The van der Waals surface area contributed by atoms with Crippen molar-refractivity contribution in [2.45, 2.75) is 20.0 Å². The Morgan fingerprint density at radius 1 is 1.47 bits per heavy atom. The predicted octanol–water partition coefficient (Wildman–Crippen LogP) is 3.28. The quantitative estimate of drug-likeness (QED) is 0.694. The molecule has 0 aliphatic heterocycles. The monoisotopic (exact) mass is 241 g/mol. The maximum absolute atomic E-state index is 11.9. The van der Waals surface area contributed by atoms with E-state index in [0.717, 1.165) is 0 Å². The zero-order valence-electron chi connectivity index (χ0n) is 8.51. The average Bonchev–Trinajstić information content (AvgIpc) is 2.54. The van der Waals surface area contributed by atoms with Crippen molar-refractivity contribution in [1.29, 1.82) is 0 Å². The van der Waals surface area contributed by atoms with E-state index < -0.39 is 11.3 Å². The average molecular weight is 242 g/mol. The molecule has 0 saturated heterocycles. The van der Waals surface area contributed by atoms with E-state index in [0.29, 0.717) is 0 Å². The van der Waals surface area contributed by atoms with Crippen molar-refractivity contribution >= 4 is 22.6 Å². The van der Waals surface area contributed by atoms with Crippen LogP contribution in [0.3, 0.4) is 0 Å². The lowest BCUT2D eigenvalue weighted by Gasteiger charge is -2.02. The molecule has 0 fully saturated rings. The lowest BCUT2D eigenvalue weighted by molar-refractivity contribution is -0.0558. The number of alkyl halides is 3. The molecule has 1 rings (SSSR count). The molecule has 15 heavy (non-hydrogen) atoms. The summed E-state index contributed by atoms with van der Waals surface area (Å²) in [5, 5.41) is 2.23. The highest BCUT2D eigenvalue weighted by Gasteiger charge is 2.34. The molecule has 7 heteroatoms. The maximum Gasteiger partial charge on any atom is 0.444 e. The molecule has 0 unspecified atom stereocenters. The molecular formula is C8H11ClF3N3. The third-order valence-corrected chi connectivity index (χ3v) is 1.54. The summed E-state index contributed by atoms with van der Waals surface area (Å²) in [4.78, 5) is 3.15. The minimum atomic E-state index is -4.61. The van der Waals surface area contributed by atoms with Crippen LogP contribution in [-0.2, 0) is 7.05 Å². The van der Waals surface area contributed by atoms with Gasteiger partial charge in [-0.3, -0.25) is 4.68 Å². The van der Waals surface area contributed by atoms with E-state index in [-0.39, 0.29) is 5.82 Å². The highest BCUT2D eigenvalue weighted by Crippen LogP contribution is 2.22. The van der Waals surface area contributed by atoms with Crippen LogP contribution in [0, 0.1) is 0 Å². The van der Waals surface area contributed by atoms with Gasteiger partial charge in [-0.15, -0.1) is 0 Å². The van der Waals surface area contributed by atoms with Crippen molar-refractivity contribution in [3.63, 3.8) is 0 Å². The molecule has 0 bridgehead atoms. The molecule has 0 aliphatic rings. The summed E-state index contributed by atoms with van der Waals surface area (Å²) in [6, 6.07) is 1.33. The van der Waals surface area contributed by atoms with Crippen LogP contribution in [0.4, 0.5) is 19.0 Å². The number of aromatic nitrogens is 2. The van der Waals surface area contributed by atoms with Crippen molar-refractivity contribution in [2.24, 2.45) is 12.0 Å². The molecule has 0 atom stereocenters. The van der Waals surface area contributed by atoms with Gasteiger partial charge in [-0.1, -0.05) is 25.4 Å². The van der Waals surface area contributed by atoms with E-state index >= 15 is 0 Å². The molecule has 1 heterocycles. The maximum atomic E-state index is 11.9. The van der Waals surface area contributed by atoms with E-state index in [2.05, 4.69) is 10.1 Å². The zero-order valence-corrected chi connectivity index (χ0v) is 9.26. The molecule has 86 valence electrons. The fourth-order valence-corrected chi connectivity index (χ4v) is 0.727. The van der Waals surface area contributed by atoms with Crippen LogP contribution in [0.5, 0.6) is 0 Å². The Morgan fingerprint density at radius 2 is 2.00 bits per heavy atom. The van der Waals surface area contributed by atoms with E-state index in [1.54, 1.807) is 0 Å². The fourth-order valence-electron chi connectivity index (χ4n) is 0.641. The minimum Gasteiger partial charge on any atom is -0.251 e. The van der Waals surface area contributed by atoms with Crippen LogP contribution in [0.25, 0.3) is 0 Å². The Bertz CT molecular complexity index is 330. The number of nitrogens with zero attached hydrogens (tertiary/aromatic N) is 3. The number of aliphatic imine (C=N–C) groups is 1.